The number of nitrogens with one attached hydrogen (secondary N) is 1. The third-order valence-electron chi connectivity index (χ3n) is 1.92. The summed E-state index contributed by atoms with van der Waals surface area (Å²) in [6.07, 6.45) is 0. The van der Waals surface area contributed by atoms with Gasteiger partial charge in [-0.1, -0.05) is 6.07 Å². The molecule has 0 unspecified atom stereocenters. The number of aryl methyl sites for hydroxylation is 1. The highest BCUT2D eigenvalue weighted by atomic mass is 32.2. The zero-order chi connectivity index (χ0) is 11.6. The van der Waals surface area contributed by atoms with Crippen LogP contribution in [0.3, 0.4) is 0 Å². The van der Waals surface area contributed by atoms with Crippen LogP contribution in [-0.2, 0) is 10.0 Å². The van der Waals surface area contributed by atoms with E-state index >= 15 is 0 Å². The van der Waals surface area contributed by atoms with Crippen molar-refractivity contribution in [1.29, 1.82) is 0 Å². The van der Waals surface area contributed by atoms with Crippen LogP contribution < -0.4 is 4.72 Å². The van der Waals surface area contributed by atoms with Crippen molar-refractivity contribution in [2.24, 2.45) is 0 Å². The highest BCUT2D eigenvalue weighted by Crippen LogP contribution is 2.22. The number of hydrogen-bond donors (Lipinski definition) is 1. The second-order valence-corrected chi connectivity index (χ2v) is 5.07. The van der Waals surface area contributed by atoms with Crippen LogP contribution >= 0.6 is 0 Å². The molecule has 84 valence electrons. The van der Waals surface area contributed by atoms with Gasteiger partial charge in [-0.3, -0.25) is 4.72 Å². The Hall–Kier alpha value is -1.17. The Morgan fingerprint density at radius 1 is 1.33 bits per heavy atom. The van der Waals surface area contributed by atoms with E-state index in [-0.39, 0.29) is 11.3 Å². The molecule has 0 heterocycles. The van der Waals surface area contributed by atoms with Crippen LogP contribution in [0.1, 0.15) is 12.5 Å². The van der Waals surface area contributed by atoms with E-state index in [1.807, 2.05) is 4.72 Å². The van der Waals surface area contributed by atoms with Gasteiger partial charge in [0.15, 0.2) is 5.82 Å². The predicted octanol–water partition coefficient (Wildman–Crippen LogP) is 2.03. The average Bonchev–Trinajstić information content (AvgIpc) is 2.19. The second kappa shape index (κ2) is 4.14. The van der Waals surface area contributed by atoms with E-state index in [9.17, 15) is 17.2 Å². The first-order chi connectivity index (χ1) is 6.87. The summed E-state index contributed by atoms with van der Waals surface area (Å²) in [6.45, 7) is 2.81. The minimum Gasteiger partial charge on any atom is -0.278 e. The van der Waals surface area contributed by atoms with Crippen LogP contribution in [0.5, 0.6) is 0 Å². The van der Waals surface area contributed by atoms with Gasteiger partial charge in [0.1, 0.15) is 11.5 Å². The number of rotatable bonds is 3. The molecular weight excluding hydrogens is 224 g/mol. The van der Waals surface area contributed by atoms with Gasteiger partial charge in [0.25, 0.3) is 0 Å². The first kappa shape index (κ1) is 11.9. The lowest BCUT2D eigenvalue weighted by Gasteiger charge is -2.09. The van der Waals surface area contributed by atoms with Gasteiger partial charge >= 0.3 is 0 Å². The molecule has 0 aliphatic heterocycles. The van der Waals surface area contributed by atoms with Crippen LogP contribution in [0.25, 0.3) is 0 Å². The van der Waals surface area contributed by atoms with Gasteiger partial charge in [-0.25, -0.2) is 17.2 Å². The molecule has 15 heavy (non-hydrogen) atoms. The van der Waals surface area contributed by atoms with Gasteiger partial charge in [0.2, 0.25) is 10.0 Å². The molecule has 0 aliphatic rings. The van der Waals surface area contributed by atoms with Crippen molar-refractivity contribution in [3.05, 3.63) is 29.3 Å². The summed E-state index contributed by atoms with van der Waals surface area (Å²) < 4.78 is 50.6. The molecule has 0 saturated carbocycles. The molecule has 3 nitrogen and oxygen atoms in total. The Kier molecular flexibility index (Phi) is 3.28. The SMILES string of the molecule is CCS(=O)(=O)Nc1c(F)ccc(C)c1F. The van der Waals surface area contributed by atoms with Gasteiger partial charge < -0.3 is 0 Å². The fourth-order valence-electron chi connectivity index (χ4n) is 0.978. The molecule has 1 N–H and O–H groups in total. The summed E-state index contributed by atoms with van der Waals surface area (Å²) >= 11 is 0. The number of hydrogen-bond acceptors (Lipinski definition) is 2. The average molecular weight is 235 g/mol. The lowest BCUT2D eigenvalue weighted by atomic mass is 10.2. The minimum absolute atomic E-state index is 0.185. The van der Waals surface area contributed by atoms with Crippen LogP contribution in [0.4, 0.5) is 14.5 Å². The molecule has 0 amide bonds. The predicted molar refractivity (Wildman–Crippen MR) is 54.2 cm³/mol. The van der Waals surface area contributed by atoms with E-state index in [0.717, 1.165) is 6.07 Å². The van der Waals surface area contributed by atoms with E-state index < -0.39 is 27.3 Å². The molecule has 0 bridgehead atoms. The largest absolute Gasteiger partial charge is 0.278 e. The van der Waals surface area contributed by atoms with Gasteiger partial charge in [-0.15, -0.1) is 0 Å². The van der Waals surface area contributed by atoms with E-state index in [1.54, 1.807) is 0 Å². The Morgan fingerprint density at radius 2 is 1.93 bits per heavy atom. The highest BCUT2D eigenvalue weighted by molar-refractivity contribution is 7.92. The number of anilines is 1. The van der Waals surface area contributed by atoms with Crippen molar-refractivity contribution in [2.75, 3.05) is 10.5 Å². The monoisotopic (exact) mass is 235 g/mol. The summed E-state index contributed by atoms with van der Waals surface area (Å²) in [6, 6.07) is 2.26. The Balaban J connectivity index is 3.21. The Morgan fingerprint density at radius 3 is 2.47 bits per heavy atom. The molecule has 1 aromatic rings. The van der Waals surface area contributed by atoms with Crippen molar-refractivity contribution in [3.8, 4) is 0 Å². The van der Waals surface area contributed by atoms with Crippen LogP contribution in [0.15, 0.2) is 12.1 Å². The maximum absolute atomic E-state index is 13.4. The first-order valence-electron chi connectivity index (χ1n) is 4.32. The molecule has 0 fully saturated rings. The quantitative estimate of drug-likeness (QED) is 0.871. The molecule has 0 radical (unpaired) electrons. The minimum atomic E-state index is -3.66. The number of sulfonamides is 1. The maximum atomic E-state index is 13.4. The molecule has 1 rings (SSSR count). The van der Waals surface area contributed by atoms with Crippen molar-refractivity contribution in [3.63, 3.8) is 0 Å². The van der Waals surface area contributed by atoms with Crippen LogP contribution in [-0.4, -0.2) is 14.2 Å². The molecule has 0 aromatic heterocycles. The van der Waals surface area contributed by atoms with E-state index in [4.69, 9.17) is 0 Å². The summed E-state index contributed by atoms with van der Waals surface area (Å²) in [7, 11) is -3.66. The van der Waals surface area contributed by atoms with Crippen molar-refractivity contribution in [1.82, 2.24) is 0 Å². The zero-order valence-corrected chi connectivity index (χ0v) is 9.16. The molecule has 0 atom stereocenters. The zero-order valence-electron chi connectivity index (χ0n) is 8.34. The van der Waals surface area contributed by atoms with Crippen LogP contribution in [0.2, 0.25) is 0 Å². The smallest absolute Gasteiger partial charge is 0.232 e. The first-order valence-corrected chi connectivity index (χ1v) is 5.97. The molecule has 1 aromatic carbocycles. The number of benzene rings is 1. The van der Waals surface area contributed by atoms with E-state index in [0.29, 0.717) is 0 Å². The molecular formula is C9H11F2NO2S. The Labute approximate surface area is 87.2 Å². The fraction of sp³-hybridized carbons (Fsp3) is 0.333. The third-order valence-corrected chi connectivity index (χ3v) is 3.20. The fourth-order valence-corrected chi connectivity index (χ4v) is 1.62. The van der Waals surface area contributed by atoms with Gasteiger partial charge in [-0.05, 0) is 25.5 Å². The highest BCUT2D eigenvalue weighted by Gasteiger charge is 2.16. The van der Waals surface area contributed by atoms with Crippen molar-refractivity contribution < 1.29 is 17.2 Å². The standard InChI is InChI=1S/C9H11F2NO2S/c1-3-15(13,14)12-9-7(10)5-4-6(2)8(9)11/h4-5,12H,3H2,1-2H3. The summed E-state index contributed by atoms with van der Waals surface area (Å²) in [5, 5.41) is 0. The van der Waals surface area contributed by atoms with Gasteiger partial charge in [0, 0.05) is 0 Å². The topological polar surface area (TPSA) is 46.2 Å². The van der Waals surface area contributed by atoms with E-state index in [2.05, 4.69) is 0 Å². The normalized spacial score (nSPS) is 11.5. The lowest BCUT2D eigenvalue weighted by molar-refractivity contribution is 0.579. The summed E-state index contributed by atoms with van der Waals surface area (Å²) in [4.78, 5) is 0. The van der Waals surface area contributed by atoms with Crippen LogP contribution in [0, 0.1) is 18.6 Å². The molecule has 0 aliphatic carbocycles. The molecule has 6 heteroatoms. The number of halogens is 2. The van der Waals surface area contributed by atoms with Crippen molar-refractivity contribution in [2.45, 2.75) is 13.8 Å². The Bertz CT molecular complexity index is 471. The van der Waals surface area contributed by atoms with E-state index in [1.165, 1.54) is 19.9 Å². The summed E-state index contributed by atoms with van der Waals surface area (Å²) in [5.41, 5.74) is -0.429. The molecule has 0 spiro atoms. The van der Waals surface area contributed by atoms with Gasteiger partial charge in [-0.2, -0.15) is 0 Å². The lowest BCUT2D eigenvalue weighted by Crippen LogP contribution is -2.17. The summed E-state index contributed by atoms with van der Waals surface area (Å²) in [5.74, 6) is -2.04. The molecule has 0 saturated heterocycles. The van der Waals surface area contributed by atoms with Crippen molar-refractivity contribution >= 4 is 15.7 Å². The third kappa shape index (κ3) is 2.65. The van der Waals surface area contributed by atoms with Gasteiger partial charge in [0.05, 0.1) is 5.75 Å². The maximum Gasteiger partial charge on any atom is 0.232 e. The second-order valence-electron chi connectivity index (χ2n) is 3.06.